The second-order valence-corrected chi connectivity index (χ2v) is 8.16. The van der Waals surface area contributed by atoms with Gasteiger partial charge in [-0.25, -0.2) is 0 Å². The van der Waals surface area contributed by atoms with Gasteiger partial charge in [0, 0.05) is 42.6 Å². The lowest BCUT2D eigenvalue weighted by Crippen LogP contribution is -2.48. The Hall–Kier alpha value is -3.06. The highest BCUT2D eigenvalue weighted by molar-refractivity contribution is 5.96. The van der Waals surface area contributed by atoms with E-state index >= 15 is 0 Å². The molecule has 7 nitrogen and oxygen atoms in total. The van der Waals surface area contributed by atoms with Crippen molar-refractivity contribution in [3.63, 3.8) is 0 Å². The molecule has 0 spiro atoms. The van der Waals surface area contributed by atoms with Crippen LogP contribution in [0, 0.1) is 0 Å². The number of nitrogens with one attached hydrogen (secondary N) is 1. The van der Waals surface area contributed by atoms with E-state index in [9.17, 15) is 31.1 Å². The average molecular weight is 489 g/mol. The molecule has 3 N–H and O–H groups in total. The standard InChI is InChI=1S/C21H21F6N5O2/c22-20(23,24)11-32-9-13(7-29-32)15-6-17(19(28)33)30-16-5-12(1-2-14(15)16)8-31-3-4-34-18(10-31)21(25,26)27/h1-2,5-7,9,17-18,30H,3-4,8,10-11H2,(H2,28,33). The van der Waals surface area contributed by atoms with Crippen molar-refractivity contribution >= 4 is 17.2 Å². The molecule has 2 aliphatic rings. The van der Waals surface area contributed by atoms with Crippen LogP contribution in [0.2, 0.25) is 0 Å². The highest BCUT2D eigenvalue weighted by Crippen LogP contribution is 2.35. The van der Waals surface area contributed by atoms with Crippen molar-refractivity contribution in [2.75, 3.05) is 25.0 Å². The van der Waals surface area contributed by atoms with Gasteiger partial charge in [-0.05, 0) is 23.3 Å². The molecule has 4 rings (SSSR count). The molecule has 1 saturated heterocycles. The van der Waals surface area contributed by atoms with Crippen molar-refractivity contribution in [3.05, 3.63) is 53.4 Å². The van der Waals surface area contributed by atoms with Crippen molar-refractivity contribution in [1.82, 2.24) is 14.7 Å². The Labute approximate surface area is 190 Å². The number of aromatic nitrogens is 2. The predicted molar refractivity (Wildman–Crippen MR) is 109 cm³/mol. The monoisotopic (exact) mass is 489 g/mol. The zero-order chi connectivity index (χ0) is 24.7. The topological polar surface area (TPSA) is 85.4 Å². The molecule has 1 amide bonds. The van der Waals surface area contributed by atoms with E-state index in [1.54, 1.807) is 23.1 Å². The first kappa shape index (κ1) is 24.1. The Morgan fingerprint density at radius 3 is 2.68 bits per heavy atom. The van der Waals surface area contributed by atoms with Crippen LogP contribution in [0.25, 0.3) is 5.57 Å². The van der Waals surface area contributed by atoms with E-state index in [0.717, 1.165) is 4.68 Å². The summed E-state index contributed by atoms with van der Waals surface area (Å²) in [7, 11) is 0. The van der Waals surface area contributed by atoms with Crippen molar-refractivity contribution in [2.24, 2.45) is 5.73 Å². The zero-order valence-electron chi connectivity index (χ0n) is 17.7. The second-order valence-electron chi connectivity index (χ2n) is 8.16. The molecule has 2 aromatic rings. The average Bonchev–Trinajstić information content (AvgIpc) is 3.18. The Morgan fingerprint density at radius 2 is 2.00 bits per heavy atom. The molecule has 0 aliphatic carbocycles. The van der Waals surface area contributed by atoms with Gasteiger partial charge in [0.2, 0.25) is 5.91 Å². The van der Waals surface area contributed by atoms with E-state index < -0.39 is 37.0 Å². The minimum Gasteiger partial charge on any atom is -0.370 e. The van der Waals surface area contributed by atoms with Crippen LogP contribution in [0.15, 0.2) is 36.7 Å². The van der Waals surface area contributed by atoms with Gasteiger partial charge in [-0.15, -0.1) is 0 Å². The second kappa shape index (κ2) is 8.95. The number of benzene rings is 1. The summed E-state index contributed by atoms with van der Waals surface area (Å²) < 4.78 is 82.7. The van der Waals surface area contributed by atoms with Gasteiger partial charge >= 0.3 is 12.4 Å². The maximum absolute atomic E-state index is 13.0. The predicted octanol–water partition coefficient (Wildman–Crippen LogP) is 2.92. The number of primary amides is 1. The highest BCUT2D eigenvalue weighted by Gasteiger charge is 2.43. The summed E-state index contributed by atoms with van der Waals surface area (Å²) in [4.78, 5) is 13.5. The van der Waals surface area contributed by atoms with Crippen LogP contribution in [0.1, 0.15) is 16.7 Å². The van der Waals surface area contributed by atoms with Gasteiger partial charge in [0.1, 0.15) is 12.6 Å². The number of amides is 1. The van der Waals surface area contributed by atoms with Crippen LogP contribution >= 0.6 is 0 Å². The fraction of sp³-hybridized carbons (Fsp3) is 0.429. The number of nitrogens with zero attached hydrogens (tertiary/aromatic N) is 3. The van der Waals surface area contributed by atoms with E-state index in [0.29, 0.717) is 34.5 Å². The summed E-state index contributed by atoms with van der Waals surface area (Å²) in [5.41, 5.74) is 8.07. The third kappa shape index (κ3) is 5.53. The summed E-state index contributed by atoms with van der Waals surface area (Å²) in [5, 5.41) is 6.72. The number of nitrogens with two attached hydrogens (primary N) is 1. The summed E-state index contributed by atoms with van der Waals surface area (Å²) in [6.07, 6.45) is -6.76. The van der Waals surface area contributed by atoms with E-state index in [2.05, 4.69) is 10.4 Å². The van der Waals surface area contributed by atoms with Crippen molar-refractivity contribution in [2.45, 2.75) is 37.6 Å². The first-order valence-corrected chi connectivity index (χ1v) is 10.3. The maximum atomic E-state index is 13.0. The van der Waals surface area contributed by atoms with Crippen LogP contribution in [-0.4, -0.2) is 64.8 Å². The lowest BCUT2D eigenvalue weighted by molar-refractivity contribution is -0.237. The molecule has 0 saturated carbocycles. The number of ether oxygens (including phenoxy) is 1. The third-order valence-corrected chi connectivity index (χ3v) is 5.53. The number of morpholine rings is 1. The highest BCUT2D eigenvalue weighted by atomic mass is 19.4. The number of hydrogen-bond donors (Lipinski definition) is 2. The molecule has 1 aromatic heterocycles. The number of halogens is 6. The molecule has 3 heterocycles. The van der Waals surface area contributed by atoms with Gasteiger partial charge < -0.3 is 15.8 Å². The first-order chi connectivity index (χ1) is 15.9. The molecule has 1 aromatic carbocycles. The van der Waals surface area contributed by atoms with Gasteiger partial charge in [0.05, 0.1) is 12.8 Å². The number of rotatable bonds is 5. The van der Waals surface area contributed by atoms with Crippen LogP contribution in [-0.2, 0) is 22.6 Å². The van der Waals surface area contributed by atoms with E-state index in [1.807, 2.05) is 0 Å². The van der Waals surface area contributed by atoms with Crippen molar-refractivity contribution in [3.8, 4) is 0 Å². The Balaban J connectivity index is 1.58. The smallest absolute Gasteiger partial charge is 0.370 e. The third-order valence-electron chi connectivity index (χ3n) is 5.53. The first-order valence-electron chi connectivity index (χ1n) is 10.3. The molecule has 2 aliphatic heterocycles. The largest absolute Gasteiger partial charge is 0.415 e. The van der Waals surface area contributed by atoms with E-state index in [4.69, 9.17) is 10.5 Å². The molecule has 0 bridgehead atoms. The van der Waals surface area contributed by atoms with Crippen LogP contribution in [0.3, 0.4) is 0 Å². The Morgan fingerprint density at radius 1 is 1.24 bits per heavy atom. The number of carbonyl (C=O) groups is 1. The van der Waals surface area contributed by atoms with Gasteiger partial charge in [-0.1, -0.05) is 12.1 Å². The minimum absolute atomic E-state index is 0.0497. The quantitative estimate of drug-likeness (QED) is 0.631. The van der Waals surface area contributed by atoms with Gasteiger partial charge in [0.25, 0.3) is 0 Å². The van der Waals surface area contributed by atoms with Gasteiger partial charge in [0.15, 0.2) is 6.10 Å². The van der Waals surface area contributed by atoms with E-state index in [-0.39, 0.29) is 19.7 Å². The normalized spacial score (nSPS) is 21.5. The lowest BCUT2D eigenvalue weighted by atomic mass is 9.91. The number of hydrogen-bond acceptors (Lipinski definition) is 5. The molecule has 2 unspecified atom stereocenters. The molecular weight excluding hydrogens is 468 g/mol. The number of fused-ring (bicyclic) bond motifs is 1. The minimum atomic E-state index is -4.46. The molecule has 0 radical (unpaired) electrons. The fourth-order valence-electron chi connectivity index (χ4n) is 3.99. The molecular formula is C21H21F6N5O2. The van der Waals surface area contributed by atoms with Crippen LogP contribution < -0.4 is 11.1 Å². The number of anilines is 1. The molecule has 34 heavy (non-hydrogen) atoms. The molecule has 1 fully saturated rings. The summed E-state index contributed by atoms with van der Waals surface area (Å²) in [6.45, 7) is -1.07. The summed E-state index contributed by atoms with van der Waals surface area (Å²) in [6, 6.07) is 4.18. The SMILES string of the molecule is NC(=O)C1C=C(c2cnn(CC(F)(F)F)c2)c2ccc(CN3CCOC(C(F)(F)F)C3)cc2N1. The van der Waals surface area contributed by atoms with Crippen molar-refractivity contribution in [1.29, 1.82) is 0 Å². The molecule has 184 valence electrons. The molecule has 13 heteroatoms. The fourth-order valence-corrected chi connectivity index (χ4v) is 3.99. The molecule has 2 atom stereocenters. The summed E-state index contributed by atoms with van der Waals surface area (Å²) in [5.74, 6) is -0.697. The van der Waals surface area contributed by atoms with Crippen LogP contribution in [0.5, 0.6) is 0 Å². The summed E-state index contributed by atoms with van der Waals surface area (Å²) >= 11 is 0. The van der Waals surface area contributed by atoms with Crippen molar-refractivity contribution < 1.29 is 35.9 Å². The maximum Gasteiger partial charge on any atom is 0.415 e. The van der Waals surface area contributed by atoms with E-state index in [1.165, 1.54) is 18.5 Å². The van der Waals surface area contributed by atoms with Gasteiger partial charge in [-0.2, -0.15) is 31.4 Å². The Kier molecular flexibility index (Phi) is 6.34. The van der Waals surface area contributed by atoms with Gasteiger partial charge in [-0.3, -0.25) is 14.4 Å². The number of carbonyl (C=O) groups excluding carboxylic acids is 1. The number of alkyl halides is 6. The lowest BCUT2D eigenvalue weighted by Gasteiger charge is -2.34. The Bertz CT molecular complexity index is 1090. The zero-order valence-corrected chi connectivity index (χ0v) is 17.7. The van der Waals surface area contributed by atoms with Crippen LogP contribution in [0.4, 0.5) is 32.0 Å².